The number of methoxy groups -OCH3 is 1. The number of rotatable bonds is 4. The van der Waals surface area contributed by atoms with Gasteiger partial charge in [0.15, 0.2) is 8.32 Å². The van der Waals surface area contributed by atoms with Crippen molar-refractivity contribution < 1.29 is 23.5 Å². The monoisotopic (exact) mass is 382 g/mol. The van der Waals surface area contributed by atoms with Gasteiger partial charge in [-0.3, -0.25) is 4.79 Å². The van der Waals surface area contributed by atoms with Crippen LogP contribution in [0.3, 0.4) is 0 Å². The Bertz CT molecular complexity index is 627. The van der Waals surface area contributed by atoms with Gasteiger partial charge in [0, 0.05) is 19.3 Å². The van der Waals surface area contributed by atoms with Crippen molar-refractivity contribution in [3.8, 4) is 0 Å². The van der Waals surface area contributed by atoms with E-state index in [1.54, 1.807) is 0 Å². The van der Waals surface area contributed by atoms with E-state index in [9.17, 15) is 9.59 Å². The highest BCUT2D eigenvalue weighted by Gasteiger charge is 2.57. The minimum atomic E-state index is -1.97. The van der Waals surface area contributed by atoms with E-state index in [0.717, 1.165) is 6.42 Å². The first-order valence-electron chi connectivity index (χ1n) is 9.39. The number of ether oxygens (including phenoxy) is 2. The molecule has 0 unspecified atom stereocenters. The van der Waals surface area contributed by atoms with E-state index in [2.05, 4.69) is 47.7 Å². The second-order valence-electron chi connectivity index (χ2n) is 9.89. The van der Waals surface area contributed by atoms with E-state index in [1.165, 1.54) is 14.0 Å². The number of esters is 2. The zero-order valence-electron chi connectivity index (χ0n) is 17.7. The second-order valence-corrected chi connectivity index (χ2v) is 14.6. The van der Waals surface area contributed by atoms with Crippen LogP contribution in [-0.4, -0.2) is 33.5 Å². The summed E-state index contributed by atoms with van der Waals surface area (Å²) in [5, 5.41) is 0.108. The van der Waals surface area contributed by atoms with E-state index in [-0.39, 0.29) is 28.4 Å². The van der Waals surface area contributed by atoms with Crippen molar-refractivity contribution >= 4 is 20.3 Å². The molecule has 0 aromatic heterocycles. The van der Waals surface area contributed by atoms with Gasteiger partial charge in [-0.2, -0.15) is 0 Å². The predicted octanol–water partition coefficient (Wildman–Crippen LogP) is 4.43. The Balaban J connectivity index is 2.37. The first kappa shape index (κ1) is 21.2. The smallest absolute Gasteiger partial charge is 0.337 e. The van der Waals surface area contributed by atoms with Crippen molar-refractivity contribution in [2.45, 2.75) is 78.6 Å². The average molecular weight is 383 g/mol. The summed E-state index contributed by atoms with van der Waals surface area (Å²) < 4.78 is 17.2. The topological polar surface area (TPSA) is 61.8 Å². The molecule has 148 valence electrons. The van der Waals surface area contributed by atoms with Crippen molar-refractivity contribution in [1.29, 1.82) is 0 Å². The Kier molecular flexibility index (Phi) is 5.52. The van der Waals surface area contributed by atoms with Gasteiger partial charge >= 0.3 is 11.9 Å². The molecular formula is C20H34O5Si. The molecule has 1 fully saturated rings. The van der Waals surface area contributed by atoms with Gasteiger partial charge in [0.1, 0.15) is 5.76 Å². The van der Waals surface area contributed by atoms with Crippen molar-refractivity contribution in [3.05, 3.63) is 11.3 Å². The highest BCUT2D eigenvalue weighted by Crippen LogP contribution is 2.58. The maximum absolute atomic E-state index is 12.4. The number of carbonyl (C=O) groups is 2. The lowest BCUT2D eigenvalue weighted by molar-refractivity contribution is -0.138. The molecule has 0 aromatic carbocycles. The Morgan fingerprint density at radius 2 is 1.77 bits per heavy atom. The summed E-state index contributed by atoms with van der Waals surface area (Å²) in [6.07, 6.45) is 1.41. The van der Waals surface area contributed by atoms with E-state index >= 15 is 0 Å². The van der Waals surface area contributed by atoms with Crippen LogP contribution < -0.4 is 0 Å². The third kappa shape index (κ3) is 3.76. The van der Waals surface area contributed by atoms with Gasteiger partial charge in [-0.05, 0) is 35.9 Å². The lowest BCUT2D eigenvalue weighted by atomic mass is 9.86. The number of fused-ring (bicyclic) bond motifs is 1. The molecule has 2 aliphatic carbocycles. The van der Waals surface area contributed by atoms with Crippen molar-refractivity contribution in [3.63, 3.8) is 0 Å². The maximum Gasteiger partial charge on any atom is 0.337 e. The minimum absolute atomic E-state index is 0.0153. The SMILES string of the molecule is COC(=O)C1=C(OC(C)=O)C[C@@H]2[C@H]1CC(C)(C)[C@H]2O[Si](C)(C)C(C)(C)C. The van der Waals surface area contributed by atoms with E-state index < -0.39 is 20.3 Å². The first-order valence-corrected chi connectivity index (χ1v) is 12.3. The normalized spacial score (nSPS) is 28.1. The van der Waals surface area contributed by atoms with Crippen LogP contribution in [0.1, 0.15) is 54.4 Å². The molecule has 1 saturated carbocycles. The summed E-state index contributed by atoms with van der Waals surface area (Å²) in [7, 11) is -0.600. The number of allylic oxidation sites excluding steroid dienone is 1. The lowest BCUT2D eigenvalue weighted by Gasteiger charge is -2.43. The number of hydrogen-bond acceptors (Lipinski definition) is 5. The fourth-order valence-corrected chi connectivity index (χ4v) is 5.59. The van der Waals surface area contributed by atoms with Crippen LogP contribution in [0.4, 0.5) is 0 Å². The highest BCUT2D eigenvalue weighted by atomic mass is 28.4. The summed E-state index contributed by atoms with van der Waals surface area (Å²) in [5.74, 6) is -0.164. The first-order chi connectivity index (χ1) is 11.7. The van der Waals surface area contributed by atoms with Gasteiger partial charge in [-0.15, -0.1) is 0 Å². The summed E-state index contributed by atoms with van der Waals surface area (Å²) in [4.78, 5) is 23.9. The van der Waals surface area contributed by atoms with Crippen molar-refractivity contribution in [1.82, 2.24) is 0 Å². The zero-order valence-corrected chi connectivity index (χ0v) is 18.7. The molecule has 0 N–H and O–H groups in total. The molecule has 0 bridgehead atoms. The Labute approximate surface area is 158 Å². The lowest BCUT2D eigenvalue weighted by Crippen LogP contribution is -2.48. The van der Waals surface area contributed by atoms with Crippen LogP contribution in [0.15, 0.2) is 11.3 Å². The molecule has 0 radical (unpaired) electrons. The van der Waals surface area contributed by atoms with Crippen LogP contribution in [0, 0.1) is 17.3 Å². The van der Waals surface area contributed by atoms with Crippen molar-refractivity contribution in [2.75, 3.05) is 7.11 Å². The molecule has 0 heterocycles. The third-order valence-electron chi connectivity index (χ3n) is 6.41. The second kappa shape index (κ2) is 6.79. The summed E-state index contributed by atoms with van der Waals surface area (Å²) in [6.45, 7) is 17.0. The summed E-state index contributed by atoms with van der Waals surface area (Å²) in [5.41, 5.74) is 0.480. The van der Waals surface area contributed by atoms with E-state index in [1.807, 2.05) is 0 Å². The number of carbonyl (C=O) groups excluding carboxylic acids is 2. The molecule has 6 heteroatoms. The van der Waals surface area contributed by atoms with Gasteiger partial charge in [-0.25, -0.2) is 4.79 Å². The van der Waals surface area contributed by atoms with Gasteiger partial charge in [-0.1, -0.05) is 34.6 Å². The standard InChI is InChI=1S/C20H34O5Si/c1-12(21)24-15-10-13-14(16(15)18(22)23-7)11-20(5,6)17(13)25-26(8,9)19(2,3)4/h13-14,17H,10-11H2,1-9H3/t13-,14-,17+/m1/s1. The van der Waals surface area contributed by atoms with Crippen LogP contribution in [-0.2, 0) is 23.5 Å². The molecular weight excluding hydrogens is 348 g/mol. The molecule has 0 aliphatic heterocycles. The van der Waals surface area contributed by atoms with Gasteiger partial charge < -0.3 is 13.9 Å². The number of hydrogen-bond donors (Lipinski definition) is 0. The quantitative estimate of drug-likeness (QED) is 0.531. The summed E-state index contributed by atoms with van der Waals surface area (Å²) >= 11 is 0. The third-order valence-corrected chi connectivity index (χ3v) is 10.9. The van der Waals surface area contributed by atoms with Gasteiger partial charge in [0.05, 0.1) is 18.8 Å². The van der Waals surface area contributed by atoms with E-state index in [4.69, 9.17) is 13.9 Å². The highest BCUT2D eigenvalue weighted by molar-refractivity contribution is 6.74. The molecule has 2 rings (SSSR count). The van der Waals surface area contributed by atoms with Crippen LogP contribution in [0.5, 0.6) is 0 Å². The Morgan fingerprint density at radius 1 is 1.19 bits per heavy atom. The minimum Gasteiger partial charge on any atom is -0.466 e. The largest absolute Gasteiger partial charge is 0.466 e. The van der Waals surface area contributed by atoms with Crippen LogP contribution >= 0.6 is 0 Å². The molecule has 0 amide bonds. The molecule has 2 aliphatic rings. The Morgan fingerprint density at radius 3 is 2.23 bits per heavy atom. The average Bonchev–Trinajstić information content (AvgIpc) is 2.89. The molecule has 3 atom stereocenters. The summed E-state index contributed by atoms with van der Waals surface area (Å²) in [6, 6.07) is 0. The molecule has 0 saturated heterocycles. The molecule has 5 nitrogen and oxygen atoms in total. The molecule has 26 heavy (non-hydrogen) atoms. The van der Waals surface area contributed by atoms with Crippen LogP contribution in [0.2, 0.25) is 18.1 Å². The van der Waals surface area contributed by atoms with Gasteiger partial charge in [0.2, 0.25) is 0 Å². The molecule has 0 aromatic rings. The fraction of sp³-hybridized carbons (Fsp3) is 0.800. The van der Waals surface area contributed by atoms with Crippen molar-refractivity contribution in [2.24, 2.45) is 17.3 Å². The predicted molar refractivity (Wildman–Crippen MR) is 103 cm³/mol. The fourth-order valence-electron chi connectivity index (χ4n) is 4.11. The van der Waals surface area contributed by atoms with Gasteiger partial charge in [0.25, 0.3) is 0 Å². The van der Waals surface area contributed by atoms with E-state index in [0.29, 0.717) is 17.8 Å². The molecule has 0 spiro atoms. The Hall–Kier alpha value is -1.14. The van der Waals surface area contributed by atoms with Crippen LogP contribution in [0.25, 0.3) is 0 Å². The maximum atomic E-state index is 12.4. The zero-order chi connectivity index (χ0) is 20.1.